The summed E-state index contributed by atoms with van der Waals surface area (Å²) in [6, 6.07) is 3.34. The highest BCUT2D eigenvalue weighted by atomic mass is 32.2. The van der Waals surface area contributed by atoms with Crippen molar-refractivity contribution in [2.75, 3.05) is 16.8 Å². The molecule has 0 bridgehead atoms. The number of amides is 2. The molecule has 1 saturated heterocycles. The molecule has 9 heteroatoms. The second kappa shape index (κ2) is 6.47. The molecule has 1 aliphatic rings. The fourth-order valence-electron chi connectivity index (χ4n) is 2.24. The maximum Gasteiger partial charge on any atom is 0.387 e. The minimum Gasteiger partial charge on any atom is -0.433 e. The van der Waals surface area contributed by atoms with Crippen molar-refractivity contribution >= 4 is 21.6 Å². The standard InChI is InChI=1S/C13H16F2N2O4S/c1-8-3-2-4-10(21-12(14)15)11(8)17-13(18)16-9-5-6-22(19,20)7-9/h2-4,9,12H,5-7H2,1H3,(H2,16,17,18). The second-order valence-electron chi connectivity index (χ2n) is 5.02. The Morgan fingerprint density at radius 2 is 2.14 bits per heavy atom. The zero-order chi connectivity index (χ0) is 16.3. The maximum atomic E-state index is 12.4. The van der Waals surface area contributed by atoms with Crippen LogP contribution in [0.2, 0.25) is 0 Å². The van der Waals surface area contributed by atoms with Gasteiger partial charge in [0.05, 0.1) is 17.2 Å². The van der Waals surface area contributed by atoms with E-state index in [0.717, 1.165) is 0 Å². The normalized spacial score (nSPS) is 19.9. The average molecular weight is 334 g/mol. The first kappa shape index (κ1) is 16.5. The number of carbonyl (C=O) groups is 1. The third-order valence-corrected chi connectivity index (χ3v) is 5.02. The van der Waals surface area contributed by atoms with E-state index in [0.29, 0.717) is 12.0 Å². The van der Waals surface area contributed by atoms with Crippen molar-refractivity contribution < 1.29 is 26.7 Å². The van der Waals surface area contributed by atoms with Crippen LogP contribution in [-0.2, 0) is 9.84 Å². The molecule has 0 saturated carbocycles. The number of hydrogen-bond donors (Lipinski definition) is 2. The lowest BCUT2D eigenvalue weighted by atomic mass is 10.2. The van der Waals surface area contributed by atoms with E-state index in [1.807, 2.05) is 0 Å². The molecule has 1 fully saturated rings. The van der Waals surface area contributed by atoms with E-state index in [1.165, 1.54) is 12.1 Å². The van der Waals surface area contributed by atoms with Gasteiger partial charge in [-0.2, -0.15) is 8.78 Å². The molecule has 0 aliphatic carbocycles. The van der Waals surface area contributed by atoms with Gasteiger partial charge in [-0.3, -0.25) is 0 Å². The van der Waals surface area contributed by atoms with Crippen molar-refractivity contribution in [1.29, 1.82) is 0 Å². The summed E-state index contributed by atoms with van der Waals surface area (Å²) in [5.41, 5.74) is 0.675. The summed E-state index contributed by atoms with van der Waals surface area (Å²) in [4.78, 5) is 11.9. The quantitative estimate of drug-likeness (QED) is 0.881. The molecule has 2 rings (SSSR count). The van der Waals surface area contributed by atoms with Crippen LogP contribution in [0.15, 0.2) is 18.2 Å². The molecule has 0 spiro atoms. The molecular weight excluding hydrogens is 318 g/mol. The topological polar surface area (TPSA) is 84.5 Å². The number of nitrogens with one attached hydrogen (secondary N) is 2. The van der Waals surface area contributed by atoms with E-state index in [-0.39, 0.29) is 22.9 Å². The van der Waals surface area contributed by atoms with Crippen molar-refractivity contribution in [3.05, 3.63) is 23.8 Å². The summed E-state index contributed by atoms with van der Waals surface area (Å²) in [6.45, 7) is -1.38. The lowest BCUT2D eigenvalue weighted by molar-refractivity contribution is -0.0493. The van der Waals surface area contributed by atoms with Gasteiger partial charge < -0.3 is 15.4 Å². The number of halogens is 2. The molecule has 0 radical (unpaired) electrons. The summed E-state index contributed by atoms with van der Waals surface area (Å²) >= 11 is 0. The molecule has 1 aromatic carbocycles. The molecule has 1 atom stereocenters. The number of sulfone groups is 1. The first-order valence-corrected chi connectivity index (χ1v) is 8.41. The van der Waals surface area contributed by atoms with E-state index >= 15 is 0 Å². The van der Waals surface area contributed by atoms with Gasteiger partial charge in [-0.25, -0.2) is 13.2 Å². The molecule has 1 unspecified atom stereocenters. The molecule has 22 heavy (non-hydrogen) atoms. The van der Waals surface area contributed by atoms with Crippen LogP contribution in [0.1, 0.15) is 12.0 Å². The van der Waals surface area contributed by atoms with Gasteiger partial charge in [-0.15, -0.1) is 0 Å². The van der Waals surface area contributed by atoms with E-state index in [1.54, 1.807) is 13.0 Å². The number of ether oxygens (including phenoxy) is 1. The Balaban J connectivity index is 2.05. The monoisotopic (exact) mass is 334 g/mol. The predicted octanol–water partition coefficient (Wildman–Crippen LogP) is 1.91. The number of hydrogen-bond acceptors (Lipinski definition) is 4. The number of urea groups is 1. The number of aryl methyl sites for hydroxylation is 1. The number of alkyl halides is 2. The summed E-state index contributed by atoms with van der Waals surface area (Å²) in [5, 5.41) is 4.95. The zero-order valence-corrected chi connectivity index (χ0v) is 12.6. The van der Waals surface area contributed by atoms with E-state index in [2.05, 4.69) is 15.4 Å². The summed E-state index contributed by atoms with van der Waals surface area (Å²) < 4.78 is 51.8. The van der Waals surface area contributed by atoms with Gasteiger partial charge in [-0.05, 0) is 25.0 Å². The third kappa shape index (κ3) is 4.30. The summed E-state index contributed by atoms with van der Waals surface area (Å²) in [5.74, 6) is -0.236. The third-order valence-electron chi connectivity index (χ3n) is 3.26. The van der Waals surface area contributed by atoms with Crippen LogP contribution in [0.25, 0.3) is 0 Å². The molecular formula is C13H16F2N2O4S. The minimum atomic E-state index is -3.11. The van der Waals surface area contributed by atoms with E-state index in [9.17, 15) is 22.0 Å². The molecule has 2 amide bonds. The van der Waals surface area contributed by atoms with E-state index < -0.39 is 28.5 Å². The Bertz CT molecular complexity index is 664. The Morgan fingerprint density at radius 1 is 1.41 bits per heavy atom. The van der Waals surface area contributed by atoms with Crippen LogP contribution in [0, 0.1) is 6.92 Å². The largest absolute Gasteiger partial charge is 0.433 e. The van der Waals surface area contributed by atoms with Crippen molar-refractivity contribution in [1.82, 2.24) is 5.32 Å². The van der Waals surface area contributed by atoms with Crippen molar-refractivity contribution in [2.24, 2.45) is 0 Å². The number of rotatable bonds is 4. The number of anilines is 1. The van der Waals surface area contributed by atoms with Gasteiger partial charge in [0.1, 0.15) is 5.75 Å². The molecule has 6 nitrogen and oxygen atoms in total. The van der Waals surface area contributed by atoms with Gasteiger partial charge in [-0.1, -0.05) is 12.1 Å². The Labute approximate surface area is 126 Å². The minimum absolute atomic E-state index is 0.0298. The zero-order valence-electron chi connectivity index (χ0n) is 11.8. The second-order valence-corrected chi connectivity index (χ2v) is 7.25. The Kier molecular flexibility index (Phi) is 4.84. The van der Waals surface area contributed by atoms with Crippen molar-refractivity contribution in [3.63, 3.8) is 0 Å². The van der Waals surface area contributed by atoms with Crippen LogP contribution >= 0.6 is 0 Å². The smallest absolute Gasteiger partial charge is 0.387 e. The number of carbonyl (C=O) groups excluding carboxylic acids is 1. The molecule has 1 aliphatic heterocycles. The van der Waals surface area contributed by atoms with E-state index in [4.69, 9.17) is 0 Å². The average Bonchev–Trinajstić information content (AvgIpc) is 2.72. The SMILES string of the molecule is Cc1cccc(OC(F)F)c1NC(=O)NC1CCS(=O)(=O)C1. The van der Waals surface area contributed by atoms with Gasteiger partial charge in [0, 0.05) is 6.04 Å². The van der Waals surface area contributed by atoms with Crippen LogP contribution in [-0.4, -0.2) is 38.6 Å². The van der Waals surface area contributed by atoms with Gasteiger partial charge in [0.25, 0.3) is 0 Å². The highest BCUT2D eigenvalue weighted by molar-refractivity contribution is 7.91. The van der Waals surface area contributed by atoms with Crippen molar-refractivity contribution in [2.45, 2.75) is 26.0 Å². The number of benzene rings is 1. The first-order chi connectivity index (χ1) is 10.3. The highest BCUT2D eigenvalue weighted by Gasteiger charge is 2.29. The predicted molar refractivity (Wildman–Crippen MR) is 77.0 cm³/mol. The highest BCUT2D eigenvalue weighted by Crippen LogP contribution is 2.29. The van der Waals surface area contributed by atoms with Gasteiger partial charge in [0.15, 0.2) is 9.84 Å². The lowest BCUT2D eigenvalue weighted by Crippen LogP contribution is -2.38. The molecule has 0 aromatic heterocycles. The Morgan fingerprint density at radius 3 is 2.73 bits per heavy atom. The van der Waals surface area contributed by atoms with Crippen LogP contribution in [0.5, 0.6) is 5.75 Å². The molecule has 2 N–H and O–H groups in total. The summed E-state index contributed by atoms with van der Waals surface area (Å²) in [6.07, 6.45) is 0.337. The van der Waals surface area contributed by atoms with Crippen LogP contribution in [0.4, 0.5) is 19.3 Å². The first-order valence-electron chi connectivity index (χ1n) is 6.59. The fourth-order valence-corrected chi connectivity index (χ4v) is 3.91. The molecule has 122 valence electrons. The molecule has 1 aromatic rings. The maximum absolute atomic E-state index is 12.4. The van der Waals surface area contributed by atoms with Crippen LogP contribution < -0.4 is 15.4 Å². The number of para-hydroxylation sites is 1. The Hall–Kier alpha value is -1.90. The van der Waals surface area contributed by atoms with Crippen LogP contribution in [0.3, 0.4) is 0 Å². The van der Waals surface area contributed by atoms with Gasteiger partial charge in [0.2, 0.25) is 0 Å². The summed E-state index contributed by atoms with van der Waals surface area (Å²) in [7, 11) is -3.11. The fraction of sp³-hybridized carbons (Fsp3) is 0.462. The lowest BCUT2D eigenvalue weighted by Gasteiger charge is -2.16. The van der Waals surface area contributed by atoms with Gasteiger partial charge >= 0.3 is 12.6 Å². The molecule has 1 heterocycles. The van der Waals surface area contributed by atoms with Crippen molar-refractivity contribution in [3.8, 4) is 5.75 Å².